The quantitative estimate of drug-likeness (QED) is 0.888. The molecule has 3 rings (SSSR count). The zero-order valence-electron chi connectivity index (χ0n) is 10.9. The van der Waals surface area contributed by atoms with Gasteiger partial charge in [0.2, 0.25) is 0 Å². The minimum Gasteiger partial charge on any atom is -0.366 e. The molecule has 1 fully saturated rings. The Hall–Kier alpha value is -1.16. The summed E-state index contributed by atoms with van der Waals surface area (Å²) in [5, 5.41) is 7.03. The van der Waals surface area contributed by atoms with Gasteiger partial charge in [0.15, 0.2) is 0 Å². The van der Waals surface area contributed by atoms with Gasteiger partial charge in [0.05, 0.1) is 5.39 Å². The highest BCUT2D eigenvalue weighted by molar-refractivity contribution is 7.17. The second-order valence-electron chi connectivity index (χ2n) is 5.33. The summed E-state index contributed by atoms with van der Waals surface area (Å²) < 4.78 is 0. The molecule has 1 saturated carbocycles. The fourth-order valence-electron chi connectivity index (χ4n) is 2.83. The molecule has 96 valence electrons. The first-order valence-corrected chi connectivity index (χ1v) is 7.59. The van der Waals surface area contributed by atoms with Crippen molar-refractivity contribution in [1.29, 1.82) is 0 Å². The average Bonchev–Trinajstić information content (AvgIpc) is 2.75. The third-order valence-electron chi connectivity index (χ3n) is 3.99. The van der Waals surface area contributed by atoms with Gasteiger partial charge in [0.25, 0.3) is 0 Å². The van der Waals surface area contributed by atoms with Gasteiger partial charge in [-0.3, -0.25) is 0 Å². The lowest BCUT2D eigenvalue weighted by molar-refractivity contribution is 0.349. The number of aromatic nitrogens is 2. The Bertz CT molecular complexity index is 549. The maximum atomic E-state index is 4.45. The Morgan fingerprint density at radius 1 is 1.28 bits per heavy atom. The normalized spacial score (nSPS) is 24.3. The summed E-state index contributed by atoms with van der Waals surface area (Å²) in [6.45, 7) is 4.48. The van der Waals surface area contributed by atoms with E-state index in [1.54, 1.807) is 17.7 Å². The van der Waals surface area contributed by atoms with E-state index in [1.165, 1.54) is 36.6 Å². The molecule has 2 heterocycles. The van der Waals surface area contributed by atoms with Gasteiger partial charge >= 0.3 is 0 Å². The summed E-state index contributed by atoms with van der Waals surface area (Å²) in [7, 11) is 0. The number of nitrogens with zero attached hydrogens (tertiary/aromatic N) is 2. The maximum Gasteiger partial charge on any atom is 0.138 e. The van der Waals surface area contributed by atoms with E-state index >= 15 is 0 Å². The van der Waals surface area contributed by atoms with Crippen LogP contribution < -0.4 is 5.32 Å². The van der Waals surface area contributed by atoms with E-state index in [9.17, 15) is 0 Å². The molecule has 1 aliphatic carbocycles. The van der Waals surface area contributed by atoms with Gasteiger partial charge in [0, 0.05) is 6.04 Å². The van der Waals surface area contributed by atoms with Crippen molar-refractivity contribution in [3.05, 3.63) is 17.3 Å². The van der Waals surface area contributed by atoms with E-state index < -0.39 is 0 Å². The van der Waals surface area contributed by atoms with Crippen molar-refractivity contribution < 1.29 is 0 Å². The van der Waals surface area contributed by atoms with Crippen LogP contribution in [-0.4, -0.2) is 16.0 Å². The molecule has 0 amide bonds. The Labute approximate surface area is 112 Å². The van der Waals surface area contributed by atoms with Crippen LogP contribution in [0.5, 0.6) is 0 Å². The van der Waals surface area contributed by atoms with Crippen molar-refractivity contribution in [2.75, 3.05) is 5.32 Å². The van der Waals surface area contributed by atoms with Crippen LogP contribution in [0.15, 0.2) is 11.7 Å². The Morgan fingerprint density at radius 3 is 2.94 bits per heavy atom. The number of aryl methyl sites for hydroxylation is 1. The zero-order chi connectivity index (χ0) is 12.5. The maximum absolute atomic E-state index is 4.45. The molecule has 0 aliphatic heterocycles. The van der Waals surface area contributed by atoms with Crippen molar-refractivity contribution in [1.82, 2.24) is 9.97 Å². The number of rotatable bonds is 2. The predicted octanol–water partition coefficient (Wildman–Crippen LogP) is 3.99. The largest absolute Gasteiger partial charge is 0.366 e. The van der Waals surface area contributed by atoms with Crippen molar-refractivity contribution >= 4 is 27.4 Å². The summed E-state index contributed by atoms with van der Waals surface area (Å²) in [4.78, 5) is 9.89. The fraction of sp³-hybridized carbons (Fsp3) is 0.571. The average molecular weight is 261 g/mol. The molecule has 2 atom stereocenters. The molecule has 1 N–H and O–H groups in total. The lowest BCUT2D eigenvalue weighted by atomic mass is 9.86. The molecule has 0 radical (unpaired) electrons. The van der Waals surface area contributed by atoms with E-state index in [4.69, 9.17) is 0 Å². The number of fused-ring (bicyclic) bond motifs is 1. The summed E-state index contributed by atoms with van der Waals surface area (Å²) >= 11 is 1.70. The molecule has 3 nitrogen and oxygen atoms in total. The van der Waals surface area contributed by atoms with Gasteiger partial charge in [-0.15, -0.1) is 11.3 Å². The standard InChI is InChI=1S/C14H19N3S/c1-9-5-3-4-6-11(9)17-13-12-10(2)7-18-14(12)16-8-15-13/h7-9,11H,3-6H2,1-2H3,(H,15,16,17). The third-order valence-corrected chi connectivity index (χ3v) is 4.99. The molecule has 4 heteroatoms. The molecular formula is C14H19N3S. The SMILES string of the molecule is Cc1csc2ncnc(NC3CCCCC3C)c12. The van der Waals surface area contributed by atoms with Crippen molar-refractivity contribution in [2.24, 2.45) is 5.92 Å². The van der Waals surface area contributed by atoms with Crippen LogP contribution in [-0.2, 0) is 0 Å². The molecule has 0 aromatic carbocycles. The Morgan fingerprint density at radius 2 is 2.11 bits per heavy atom. The van der Waals surface area contributed by atoms with Crippen LogP contribution in [0.4, 0.5) is 5.82 Å². The number of hydrogen-bond acceptors (Lipinski definition) is 4. The van der Waals surface area contributed by atoms with E-state index in [1.807, 2.05) is 0 Å². The van der Waals surface area contributed by atoms with Gasteiger partial charge in [-0.2, -0.15) is 0 Å². The first kappa shape index (κ1) is 11.9. The highest BCUT2D eigenvalue weighted by Gasteiger charge is 2.22. The van der Waals surface area contributed by atoms with E-state index in [0.29, 0.717) is 6.04 Å². The molecule has 18 heavy (non-hydrogen) atoms. The lowest BCUT2D eigenvalue weighted by Gasteiger charge is -2.30. The summed E-state index contributed by atoms with van der Waals surface area (Å²) in [6.07, 6.45) is 6.97. The minimum absolute atomic E-state index is 0.566. The molecule has 2 unspecified atom stereocenters. The van der Waals surface area contributed by atoms with Crippen LogP contribution in [0.3, 0.4) is 0 Å². The molecular weight excluding hydrogens is 242 g/mol. The lowest BCUT2D eigenvalue weighted by Crippen LogP contribution is -2.30. The second-order valence-corrected chi connectivity index (χ2v) is 6.19. The van der Waals surface area contributed by atoms with Gasteiger partial charge in [0.1, 0.15) is 17.0 Å². The summed E-state index contributed by atoms with van der Waals surface area (Å²) in [5.41, 5.74) is 1.28. The third kappa shape index (κ3) is 2.09. The molecule has 0 saturated heterocycles. The van der Waals surface area contributed by atoms with Gasteiger partial charge in [-0.1, -0.05) is 19.8 Å². The number of hydrogen-bond donors (Lipinski definition) is 1. The first-order valence-electron chi connectivity index (χ1n) is 6.71. The molecule has 1 aliphatic rings. The van der Waals surface area contributed by atoms with Crippen LogP contribution >= 0.6 is 11.3 Å². The van der Waals surface area contributed by atoms with Crippen molar-refractivity contribution in [2.45, 2.75) is 45.6 Å². The van der Waals surface area contributed by atoms with E-state index in [2.05, 4.69) is 34.5 Å². The van der Waals surface area contributed by atoms with Crippen molar-refractivity contribution in [3.8, 4) is 0 Å². The zero-order valence-corrected chi connectivity index (χ0v) is 11.8. The van der Waals surface area contributed by atoms with Crippen LogP contribution in [0.25, 0.3) is 10.2 Å². The number of anilines is 1. The number of nitrogens with one attached hydrogen (secondary N) is 1. The molecule has 2 aromatic heterocycles. The molecule has 0 spiro atoms. The first-order chi connectivity index (χ1) is 8.75. The van der Waals surface area contributed by atoms with Crippen LogP contribution in [0, 0.1) is 12.8 Å². The van der Waals surface area contributed by atoms with Gasteiger partial charge < -0.3 is 5.32 Å². The molecule has 2 aromatic rings. The van der Waals surface area contributed by atoms with Crippen LogP contribution in [0.1, 0.15) is 38.2 Å². The minimum atomic E-state index is 0.566. The van der Waals surface area contributed by atoms with Crippen LogP contribution in [0.2, 0.25) is 0 Å². The predicted molar refractivity (Wildman–Crippen MR) is 77.2 cm³/mol. The monoisotopic (exact) mass is 261 g/mol. The summed E-state index contributed by atoms with van der Waals surface area (Å²) in [5.74, 6) is 1.76. The highest BCUT2D eigenvalue weighted by atomic mass is 32.1. The highest BCUT2D eigenvalue weighted by Crippen LogP contribution is 2.32. The van der Waals surface area contributed by atoms with E-state index in [0.717, 1.165) is 16.6 Å². The fourth-order valence-corrected chi connectivity index (χ4v) is 3.72. The van der Waals surface area contributed by atoms with Crippen molar-refractivity contribution in [3.63, 3.8) is 0 Å². The second kappa shape index (κ2) is 4.84. The van der Waals surface area contributed by atoms with Gasteiger partial charge in [-0.05, 0) is 36.6 Å². The number of thiophene rings is 1. The Balaban J connectivity index is 1.92. The van der Waals surface area contributed by atoms with Gasteiger partial charge in [-0.25, -0.2) is 9.97 Å². The Kier molecular flexibility index (Phi) is 3.20. The van der Waals surface area contributed by atoms with E-state index in [-0.39, 0.29) is 0 Å². The summed E-state index contributed by atoms with van der Waals surface area (Å²) in [6, 6.07) is 0.566. The topological polar surface area (TPSA) is 37.8 Å². The molecule has 0 bridgehead atoms. The smallest absolute Gasteiger partial charge is 0.138 e.